The molecule has 5 rings (SSSR count). The second-order valence-electron chi connectivity index (χ2n) is 9.77. The van der Waals surface area contributed by atoms with Gasteiger partial charge < -0.3 is 29.3 Å². The van der Waals surface area contributed by atoms with Gasteiger partial charge in [-0.3, -0.25) is 29.5 Å². The molecule has 0 spiro atoms. The molecule has 1 aromatic carbocycles. The minimum atomic E-state index is -1.18. The van der Waals surface area contributed by atoms with Crippen LogP contribution in [0.5, 0.6) is 0 Å². The van der Waals surface area contributed by atoms with Gasteiger partial charge in [0.15, 0.2) is 0 Å². The van der Waals surface area contributed by atoms with Crippen LogP contribution < -0.4 is 20.0 Å². The van der Waals surface area contributed by atoms with Crippen LogP contribution in [-0.2, 0) is 30.3 Å². The summed E-state index contributed by atoms with van der Waals surface area (Å²) in [5, 5.41) is 12.1. The lowest BCUT2D eigenvalue weighted by atomic mass is 10.1. The van der Waals surface area contributed by atoms with Crippen molar-refractivity contribution in [2.75, 3.05) is 54.1 Å². The Kier molecular flexibility index (Phi) is 12.9. The van der Waals surface area contributed by atoms with Crippen LogP contribution in [0.1, 0.15) is 15.4 Å². The minimum absolute atomic E-state index is 0. The highest BCUT2D eigenvalue weighted by Crippen LogP contribution is 2.30. The highest BCUT2D eigenvalue weighted by atomic mass is 35.5. The number of hydrogen-bond donors (Lipinski definition) is 3. The zero-order chi connectivity index (χ0) is 31.4. The molecule has 2 atom stereocenters. The lowest BCUT2D eigenvalue weighted by Crippen LogP contribution is -2.41. The van der Waals surface area contributed by atoms with Gasteiger partial charge in [0.1, 0.15) is 30.9 Å². The Morgan fingerprint density at radius 1 is 1.26 bits per heavy atom. The first kappa shape index (κ1) is 36.7. The number of halogens is 4. The predicted molar refractivity (Wildman–Crippen MR) is 170 cm³/mol. The van der Waals surface area contributed by atoms with Crippen molar-refractivity contribution in [3.8, 4) is 0 Å². The maximum Gasteiger partial charge on any atom is 0.414 e. The first-order valence-electron chi connectivity index (χ1n) is 13.3. The topological polar surface area (TPSA) is 174 Å². The van der Waals surface area contributed by atoms with Crippen molar-refractivity contribution in [1.82, 2.24) is 15.3 Å². The van der Waals surface area contributed by atoms with E-state index in [1.165, 1.54) is 34.2 Å². The van der Waals surface area contributed by atoms with Crippen molar-refractivity contribution in [3.05, 3.63) is 57.3 Å². The van der Waals surface area contributed by atoms with E-state index in [-0.39, 0.29) is 86.4 Å². The fourth-order valence-corrected chi connectivity index (χ4v) is 5.76. The summed E-state index contributed by atoms with van der Waals surface area (Å²) in [7, 11) is 0. The van der Waals surface area contributed by atoms with Crippen LogP contribution in [0, 0.1) is 5.82 Å². The predicted octanol–water partition coefficient (Wildman–Crippen LogP) is 2.93. The first-order valence-corrected chi connectivity index (χ1v) is 14.5. The molecule has 2 aliphatic heterocycles. The number of carbonyl (C=O) groups is 5. The SMILES string of the molecule is Cl.Cl.O=CCN[C@@H](Cc1cnc(N(C[C@H]2CN(c3ccc(N4CCOCC4=O)cc3F)C(=O)O2)C(=O)c2ccc(Cl)s2)[nH]1)C(=O)O. The number of nitrogens with zero attached hydrogens (tertiary/aromatic N) is 4. The van der Waals surface area contributed by atoms with Gasteiger partial charge in [-0.15, -0.1) is 36.2 Å². The van der Waals surface area contributed by atoms with Crippen molar-refractivity contribution in [2.24, 2.45) is 0 Å². The molecule has 4 heterocycles. The summed E-state index contributed by atoms with van der Waals surface area (Å²) in [4.78, 5) is 72.0. The largest absolute Gasteiger partial charge is 0.480 e. The monoisotopic (exact) mass is 720 g/mol. The number of carboxylic acid groups (broad SMARTS) is 1. The Morgan fingerprint density at radius 3 is 2.70 bits per heavy atom. The number of nitrogens with one attached hydrogen (secondary N) is 2. The molecule has 46 heavy (non-hydrogen) atoms. The number of imidazole rings is 1. The normalized spacial score (nSPS) is 16.7. The molecule has 248 valence electrons. The molecule has 2 saturated heterocycles. The van der Waals surface area contributed by atoms with E-state index in [0.717, 1.165) is 22.3 Å². The van der Waals surface area contributed by atoms with Gasteiger partial charge in [0.2, 0.25) is 5.95 Å². The van der Waals surface area contributed by atoms with E-state index < -0.39 is 35.9 Å². The molecule has 0 unspecified atom stereocenters. The Morgan fingerprint density at radius 2 is 2.04 bits per heavy atom. The number of H-pyrrole nitrogens is 1. The number of cyclic esters (lactones) is 1. The second-order valence-corrected chi connectivity index (χ2v) is 11.5. The number of anilines is 3. The van der Waals surface area contributed by atoms with Gasteiger partial charge in [0.05, 0.1) is 47.3 Å². The molecule has 2 aliphatic rings. The zero-order valence-corrected chi connectivity index (χ0v) is 26.9. The van der Waals surface area contributed by atoms with Crippen LogP contribution in [0.4, 0.5) is 26.5 Å². The molecule has 2 fully saturated rings. The molecule has 14 nitrogen and oxygen atoms in total. The molecule has 3 amide bonds. The number of morpholine rings is 1. The second kappa shape index (κ2) is 16.2. The number of carbonyl (C=O) groups excluding carboxylic acids is 4. The highest BCUT2D eigenvalue weighted by molar-refractivity contribution is 7.18. The fraction of sp³-hybridized carbons (Fsp3) is 0.333. The quantitative estimate of drug-likeness (QED) is 0.236. The number of thiophene rings is 1. The number of aromatic nitrogens is 2. The van der Waals surface area contributed by atoms with Crippen molar-refractivity contribution >= 4 is 95.2 Å². The van der Waals surface area contributed by atoms with Crippen molar-refractivity contribution < 1.29 is 42.9 Å². The third kappa shape index (κ3) is 8.31. The smallest absolute Gasteiger partial charge is 0.414 e. The average molecular weight is 722 g/mol. The number of aliphatic carboxylic acids is 1. The summed E-state index contributed by atoms with van der Waals surface area (Å²) in [6.07, 6.45) is 0.0927. The van der Waals surface area contributed by atoms with Gasteiger partial charge in [0.25, 0.3) is 11.8 Å². The van der Waals surface area contributed by atoms with Gasteiger partial charge in [-0.1, -0.05) is 11.6 Å². The van der Waals surface area contributed by atoms with Crippen molar-refractivity contribution in [3.63, 3.8) is 0 Å². The van der Waals surface area contributed by atoms with Crippen LogP contribution >= 0.6 is 47.8 Å². The summed E-state index contributed by atoms with van der Waals surface area (Å²) < 4.78 is 26.2. The standard InChI is InChI=1S/C27H26ClFN6O8S.2ClH/c28-22-4-3-21(44-22)24(38)35(26-31-11-15(32-26)9-19(25(39)40)30-5-7-36)13-17-12-34(27(41)43-17)20-2-1-16(10-18(20)29)33-6-8-42-14-23(33)37;;/h1-4,7,10-11,17,19,30H,5-6,8-9,12-14H2,(H,31,32)(H,39,40);2*1H/t17-,19+;;/m1../s1. The summed E-state index contributed by atoms with van der Waals surface area (Å²) in [5.74, 6) is -2.70. The van der Waals surface area contributed by atoms with E-state index in [4.69, 9.17) is 21.1 Å². The van der Waals surface area contributed by atoms with Crippen LogP contribution in [0.25, 0.3) is 0 Å². The molecular weight excluding hydrogens is 694 g/mol. The minimum Gasteiger partial charge on any atom is -0.480 e. The maximum atomic E-state index is 15.2. The van der Waals surface area contributed by atoms with E-state index in [1.807, 2.05) is 0 Å². The summed E-state index contributed by atoms with van der Waals surface area (Å²) in [6, 6.07) is 6.05. The number of aromatic amines is 1. The van der Waals surface area contributed by atoms with Crippen molar-refractivity contribution in [2.45, 2.75) is 18.6 Å². The van der Waals surface area contributed by atoms with Crippen LogP contribution in [0.15, 0.2) is 36.5 Å². The van der Waals surface area contributed by atoms with E-state index in [2.05, 4.69) is 15.3 Å². The number of aldehydes is 1. The summed E-state index contributed by atoms with van der Waals surface area (Å²) in [6.45, 7) is 0.0226. The molecule has 0 bridgehead atoms. The summed E-state index contributed by atoms with van der Waals surface area (Å²) in [5.41, 5.74) is 0.627. The number of hydrogen-bond acceptors (Lipinski definition) is 10. The van der Waals surface area contributed by atoms with Gasteiger partial charge in [-0.25, -0.2) is 14.2 Å². The highest BCUT2D eigenvalue weighted by Gasteiger charge is 2.37. The Bertz CT molecular complexity index is 1590. The van der Waals surface area contributed by atoms with E-state index >= 15 is 4.39 Å². The number of carboxylic acids is 1. The molecule has 3 N–H and O–H groups in total. The van der Waals surface area contributed by atoms with Crippen LogP contribution in [0.2, 0.25) is 4.34 Å². The van der Waals surface area contributed by atoms with E-state index in [0.29, 0.717) is 28.6 Å². The first-order chi connectivity index (χ1) is 21.1. The molecule has 0 aliphatic carbocycles. The molecular formula is C27H28Cl3FN6O8S. The lowest BCUT2D eigenvalue weighted by Gasteiger charge is -2.27. The fourth-order valence-electron chi connectivity index (χ4n) is 4.76. The van der Waals surface area contributed by atoms with E-state index in [9.17, 15) is 29.1 Å². The van der Waals surface area contributed by atoms with Crippen LogP contribution in [0.3, 0.4) is 0 Å². The van der Waals surface area contributed by atoms with Gasteiger partial charge in [0, 0.05) is 24.3 Å². The van der Waals surface area contributed by atoms with Gasteiger partial charge in [-0.05, 0) is 30.3 Å². The number of rotatable bonds is 12. The third-order valence-electron chi connectivity index (χ3n) is 6.85. The van der Waals surface area contributed by atoms with Gasteiger partial charge in [-0.2, -0.15) is 0 Å². The van der Waals surface area contributed by atoms with E-state index in [1.54, 1.807) is 6.07 Å². The molecule has 2 aromatic heterocycles. The molecule has 0 radical (unpaired) electrons. The average Bonchev–Trinajstić information content (AvgIpc) is 3.74. The van der Waals surface area contributed by atoms with Gasteiger partial charge >= 0.3 is 12.1 Å². The zero-order valence-electron chi connectivity index (χ0n) is 23.7. The third-order valence-corrected chi connectivity index (χ3v) is 8.07. The maximum absolute atomic E-state index is 15.2. The number of ether oxygens (including phenoxy) is 2. The lowest BCUT2D eigenvalue weighted by molar-refractivity contribution is -0.139. The Labute approximate surface area is 282 Å². The Hall–Kier alpha value is -3.80. The Balaban J connectivity index is 0.00000288. The number of amides is 3. The summed E-state index contributed by atoms with van der Waals surface area (Å²) >= 11 is 7.07. The molecule has 3 aromatic rings. The molecule has 0 saturated carbocycles. The van der Waals surface area contributed by atoms with Crippen molar-refractivity contribution in [1.29, 1.82) is 0 Å². The molecule has 19 heteroatoms. The van der Waals surface area contributed by atoms with Crippen LogP contribution in [-0.4, -0.2) is 96.8 Å². The number of benzene rings is 1.